The highest BCUT2D eigenvalue weighted by Gasteiger charge is 2.30. The zero-order chi connectivity index (χ0) is 16.9. The van der Waals surface area contributed by atoms with E-state index in [-0.39, 0.29) is 5.91 Å². The van der Waals surface area contributed by atoms with Crippen LogP contribution in [0, 0.1) is 0 Å². The number of aryl methyl sites for hydroxylation is 1. The molecule has 0 spiro atoms. The van der Waals surface area contributed by atoms with E-state index in [0.717, 1.165) is 25.0 Å². The van der Waals surface area contributed by atoms with Crippen molar-refractivity contribution in [3.8, 4) is 5.75 Å². The molecule has 0 saturated heterocycles. The van der Waals surface area contributed by atoms with Gasteiger partial charge in [0.05, 0.1) is 7.11 Å². The maximum atomic E-state index is 11.3. The van der Waals surface area contributed by atoms with Gasteiger partial charge in [-0.2, -0.15) is 0 Å². The summed E-state index contributed by atoms with van der Waals surface area (Å²) in [5.74, 6) is 1.83. The molecule has 0 fully saturated rings. The average molecular weight is 323 g/mol. The number of methoxy groups -OCH3 is 1. The molecule has 0 saturated carbocycles. The van der Waals surface area contributed by atoms with E-state index in [4.69, 9.17) is 4.74 Å². The van der Waals surface area contributed by atoms with Crippen LogP contribution in [-0.2, 0) is 11.2 Å². The summed E-state index contributed by atoms with van der Waals surface area (Å²) >= 11 is 0. The van der Waals surface area contributed by atoms with E-state index >= 15 is 0 Å². The van der Waals surface area contributed by atoms with Crippen molar-refractivity contribution >= 4 is 5.91 Å². The Bertz CT molecular complexity index is 696. The van der Waals surface area contributed by atoms with Crippen LogP contribution in [-0.4, -0.2) is 19.6 Å². The number of carbonyl (C=O) groups excluding carboxylic acids is 1. The Hall–Kier alpha value is -2.29. The fourth-order valence-electron chi connectivity index (χ4n) is 3.86. The van der Waals surface area contributed by atoms with Crippen molar-refractivity contribution in [2.24, 2.45) is 0 Å². The Balaban J connectivity index is 1.92. The summed E-state index contributed by atoms with van der Waals surface area (Å²) in [4.78, 5) is 11.3. The van der Waals surface area contributed by atoms with E-state index in [1.807, 2.05) is 6.07 Å². The number of nitrogens with one attached hydrogen (secondary N) is 1. The highest BCUT2D eigenvalue weighted by atomic mass is 16.5. The molecule has 0 bridgehead atoms. The molecule has 126 valence electrons. The maximum absolute atomic E-state index is 11.3. The first kappa shape index (κ1) is 16.6. The molecular formula is C21H25NO2. The Morgan fingerprint density at radius 1 is 1.21 bits per heavy atom. The molecule has 1 N–H and O–H groups in total. The van der Waals surface area contributed by atoms with E-state index in [1.165, 1.54) is 16.7 Å². The molecule has 3 heteroatoms. The van der Waals surface area contributed by atoms with Gasteiger partial charge < -0.3 is 10.1 Å². The highest BCUT2D eigenvalue weighted by molar-refractivity contribution is 5.72. The van der Waals surface area contributed by atoms with Crippen LogP contribution in [0.2, 0.25) is 0 Å². The fourth-order valence-corrected chi connectivity index (χ4v) is 3.86. The van der Waals surface area contributed by atoms with Crippen LogP contribution in [0.25, 0.3) is 0 Å². The molecule has 0 aromatic heterocycles. The Morgan fingerprint density at radius 2 is 2.00 bits per heavy atom. The van der Waals surface area contributed by atoms with Crippen LogP contribution in [0.4, 0.5) is 0 Å². The van der Waals surface area contributed by atoms with Crippen LogP contribution in [0.15, 0.2) is 48.5 Å². The molecule has 0 unspecified atom stereocenters. The number of fused-ring (bicyclic) bond motifs is 1. The fraction of sp³-hybridized carbons (Fsp3) is 0.381. The van der Waals surface area contributed by atoms with E-state index in [2.05, 4.69) is 47.8 Å². The summed E-state index contributed by atoms with van der Waals surface area (Å²) < 4.78 is 5.44. The quantitative estimate of drug-likeness (QED) is 0.902. The summed E-state index contributed by atoms with van der Waals surface area (Å²) in [6, 6.07) is 17.2. The molecule has 1 amide bonds. The van der Waals surface area contributed by atoms with E-state index in [1.54, 1.807) is 14.0 Å². The lowest BCUT2D eigenvalue weighted by Crippen LogP contribution is -2.26. The van der Waals surface area contributed by atoms with Crippen LogP contribution in [0.3, 0.4) is 0 Å². The van der Waals surface area contributed by atoms with Gasteiger partial charge in [0.25, 0.3) is 0 Å². The van der Waals surface area contributed by atoms with E-state index in [0.29, 0.717) is 18.4 Å². The van der Waals surface area contributed by atoms with Crippen LogP contribution in [0.1, 0.15) is 48.3 Å². The molecule has 2 aromatic rings. The van der Waals surface area contributed by atoms with Gasteiger partial charge in [0.15, 0.2) is 0 Å². The predicted molar refractivity (Wildman–Crippen MR) is 96.5 cm³/mol. The van der Waals surface area contributed by atoms with Gasteiger partial charge >= 0.3 is 0 Å². The SMILES string of the molecule is COc1ccc2c(c1)[C@@H](CCNC(C)=O)[C@@H](c1ccccc1)CC2. The summed E-state index contributed by atoms with van der Waals surface area (Å²) in [6.07, 6.45) is 3.18. The van der Waals surface area contributed by atoms with Crippen molar-refractivity contribution < 1.29 is 9.53 Å². The van der Waals surface area contributed by atoms with Gasteiger partial charge in [-0.1, -0.05) is 36.4 Å². The van der Waals surface area contributed by atoms with Gasteiger partial charge in [0.2, 0.25) is 5.91 Å². The standard InChI is InChI=1S/C21H25NO2/c1-15(23)22-13-12-20-19(16-6-4-3-5-7-16)11-9-17-8-10-18(24-2)14-21(17)20/h3-8,10,14,19-20H,9,11-13H2,1-2H3,(H,22,23)/t19-,20+/m1/s1. The van der Waals surface area contributed by atoms with Crippen molar-refractivity contribution in [2.75, 3.05) is 13.7 Å². The first-order chi connectivity index (χ1) is 11.7. The number of rotatable bonds is 5. The van der Waals surface area contributed by atoms with E-state index in [9.17, 15) is 4.79 Å². The van der Waals surface area contributed by atoms with Crippen molar-refractivity contribution in [3.63, 3.8) is 0 Å². The third-order valence-corrected chi connectivity index (χ3v) is 5.02. The molecule has 2 aromatic carbocycles. The second-order valence-corrected chi connectivity index (χ2v) is 6.50. The molecule has 0 heterocycles. The van der Waals surface area contributed by atoms with Crippen molar-refractivity contribution in [1.82, 2.24) is 5.32 Å². The second kappa shape index (κ2) is 7.52. The topological polar surface area (TPSA) is 38.3 Å². The minimum absolute atomic E-state index is 0.0351. The molecule has 2 atom stereocenters. The smallest absolute Gasteiger partial charge is 0.216 e. The monoisotopic (exact) mass is 323 g/mol. The molecule has 0 aliphatic heterocycles. The first-order valence-electron chi connectivity index (χ1n) is 8.65. The molecule has 0 radical (unpaired) electrons. The van der Waals surface area contributed by atoms with Crippen LogP contribution in [0.5, 0.6) is 5.75 Å². The molecule has 3 rings (SSSR count). The van der Waals surface area contributed by atoms with Gasteiger partial charge in [-0.3, -0.25) is 4.79 Å². The van der Waals surface area contributed by atoms with Crippen molar-refractivity contribution in [2.45, 2.75) is 38.0 Å². The number of hydrogen-bond acceptors (Lipinski definition) is 2. The Labute approximate surface area is 144 Å². The van der Waals surface area contributed by atoms with Gasteiger partial charge in [-0.25, -0.2) is 0 Å². The predicted octanol–water partition coefficient (Wildman–Crippen LogP) is 4.04. The second-order valence-electron chi connectivity index (χ2n) is 6.50. The molecule has 24 heavy (non-hydrogen) atoms. The number of amides is 1. The number of benzene rings is 2. The summed E-state index contributed by atoms with van der Waals surface area (Å²) in [6.45, 7) is 2.28. The Kier molecular flexibility index (Phi) is 5.19. The maximum Gasteiger partial charge on any atom is 0.216 e. The lowest BCUT2D eigenvalue weighted by molar-refractivity contribution is -0.118. The van der Waals surface area contributed by atoms with Gasteiger partial charge in [0.1, 0.15) is 5.75 Å². The van der Waals surface area contributed by atoms with Gasteiger partial charge in [-0.15, -0.1) is 0 Å². The number of hydrogen-bond donors (Lipinski definition) is 1. The normalized spacial score (nSPS) is 19.4. The lowest BCUT2D eigenvalue weighted by Gasteiger charge is -2.34. The lowest BCUT2D eigenvalue weighted by atomic mass is 9.70. The van der Waals surface area contributed by atoms with Gasteiger partial charge in [0, 0.05) is 13.5 Å². The average Bonchev–Trinajstić information content (AvgIpc) is 2.61. The molecule has 1 aliphatic rings. The summed E-state index contributed by atoms with van der Waals surface area (Å²) in [7, 11) is 1.71. The zero-order valence-corrected chi connectivity index (χ0v) is 14.4. The minimum atomic E-state index is 0.0351. The largest absolute Gasteiger partial charge is 0.497 e. The third kappa shape index (κ3) is 3.61. The minimum Gasteiger partial charge on any atom is -0.497 e. The van der Waals surface area contributed by atoms with E-state index < -0.39 is 0 Å². The molecule has 3 nitrogen and oxygen atoms in total. The summed E-state index contributed by atoms with van der Waals surface area (Å²) in [5.41, 5.74) is 4.18. The van der Waals surface area contributed by atoms with Crippen LogP contribution >= 0.6 is 0 Å². The van der Waals surface area contributed by atoms with Crippen LogP contribution < -0.4 is 10.1 Å². The molecule has 1 aliphatic carbocycles. The molecular weight excluding hydrogens is 298 g/mol. The van der Waals surface area contributed by atoms with Crippen molar-refractivity contribution in [1.29, 1.82) is 0 Å². The Morgan fingerprint density at radius 3 is 2.71 bits per heavy atom. The zero-order valence-electron chi connectivity index (χ0n) is 14.4. The number of ether oxygens (including phenoxy) is 1. The third-order valence-electron chi connectivity index (χ3n) is 5.02. The first-order valence-corrected chi connectivity index (χ1v) is 8.65. The summed E-state index contributed by atoms with van der Waals surface area (Å²) in [5, 5.41) is 2.95. The highest BCUT2D eigenvalue weighted by Crippen LogP contribution is 2.45. The van der Waals surface area contributed by atoms with Crippen molar-refractivity contribution in [3.05, 3.63) is 65.2 Å². The van der Waals surface area contributed by atoms with Gasteiger partial charge in [-0.05, 0) is 59.9 Å². The number of carbonyl (C=O) groups is 1.